The van der Waals surface area contributed by atoms with Crippen molar-refractivity contribution < 1.29 is 9.53 Å². The topological polar surface area (TPSA) is 50.4 Å². The molecule has 1 aromatic carbocycles. The third-order valence-corrected chi connectivity index (χ3v) is 2.92. The van der Waals surface area contributed by atoms with Gasteiger partial charge in [0.15, 0.2) is 0 Å². The summed E-state index contributed by atoms with van der Waals surface area (Å²) in [6, 6.07) is 6.11. The molecule has 0 fully saturated rings. The fourth-order valence-electron chi connectivity index (χ4n) is 2.19. The lowest BCUT2D eigenvalue weighted by molar-refractivity contribution is -0.121. The Kier molecular flexibility index (Phi) is 5.36. The SMILES string of the molecule is CNCC(=O)NC(C)(C)Cc1ccc(OC)c(C)c1. The number of carbonyl (C=O) groups excluding carboxylic acids is 1. The minimum Gasteiger partial charge on any atom is -0.496 e. The Morgan fingerprint density at radius 3 is 2.58 bits per heavy atom. The van der Waals surface area contributed by atoms with Crippen molar-refractivity contribution in [3.05, 3.63) is 29.3 Å². The molecule has 4 nitrogen and oxygen atoms in total. The van der Waals surface area contributed by atoms with E-state index in [4.69, 9.17) is 4.74 Å². The number of likely N-dealkylation sites (N-methyl/N-ethyl adjacent to an activating group) is 1. The van der Waals surface area contributed by atoms with E-state index < -0.39 is 0 Å². The van der Waals surface area contributed by atoms with Crippen LogP contribution in [0.2, 0.25) is 0 Å². The smallest absolute Gasteiger partial charge is 0.234 e. The number of benzene rings is 1. The minimum absolute atomic E-state index is 0.0118. The zero-order valence-electron chi connectivity index (χ0n) is 12.5. The third-order valence-electron chi connectivity index (χ3n) is 2.92. The molecule has 0 radical (unpaired) electrons. The molecule has 0 aliphatic carbocycles. The van der Waals surface area contributed by atoms with Crippen molar-refractivity contribution >= 4 is 5.91 Å². The lowest BCUT2D eigenvalue weighted by Gasteiger charge is -2.26. The molecule has 0 aliphatic rings. The zero-order valence-corrected chi connectivity index (χ0v) is 12.5. The van der Waals surface area contributed by atoms with Crippen molar-refractivity contribution in [2.75, 3.05) is 20.7 Å². The summed E-state index contributed by atoms with van der Waals surface area (Å²) in [6.07, 6.45) is 0.785. The minimum atomic E-state index is -0.269. The lowest BCUT2D eigenvalue weighted by Crippen LogP contribution is -2.47. The molecule has 0 aromatic heterocycles. The standard InChI is InChI=1S/C15H24N2O2/c1-11-8-12(6-7-13(11)19-5)9-15(2,3)17-14(18)10-16-4/h6-8,16H,9-10H2,1-5H3,(H,17,18). The number of rotatable bonds is 6. The summed E-state index contributed by atoms with van der Waals surface area (Å²) in [5.74, 6) is 0.901. The summed E-state index contributed by atoms with van der Waals surface area (Å²) in [4.78, 5) is 11.6. The number of carbonyl (C=O) groups is 1. The van der Waals surface area contributed by atoms with Gasteiger partial charge in [0.1, 0.15) is 5.75 Å². The number of hydrogen-bond donors (Lipinski definition) is 2. The maximum Gasteiger partial charge on any atom is 0.234 e. The highest BCUT2D eigenvalue weighted by Crippen LogP contribution is 2.21. The fraction of sp³-hybridized carbons (Fsp3) is 0.533. The van der Waals surface area contributed by atoms with E-state index in [1.807, 2.05) is 32.9 Å². The van der Waals surface area contributed by atoms with E-state index >= 15 is 0 Å². The molecule has 0 unspecified atom stereocenters. The van der Waals surface area contributed by atoms with Gasteiger partial charge in [0, 0.05) is 5.54 Å². The molecule has 1 rings (SSSR count). The van der Waals surface area contributed by atoms with Crippen molar-refractivity contribution in [3.63, 3.8) is 0 Å². The highest BCUT2D eigenvalue weighted by molar-refractivity contribution is 5.78. The number of hydrogen-bond acceptors (Lipinski definition) is 3. The first-order valence-corrected chi connectivity index (χ1v) is 6.47. The molecular formula is C15H24N2O2. The van der Waals surface area contributed by atoms with Gasteiger partial charge < -0.3 is 15.4 Å². The van der Waals surface area contributed by atoms with Crippen molar-refractivity contribution in [2.24, 2.45) is 0 Å². The molecule has 19 heavy (non-hydrogen) atoms. The molecule has 0 bridgehead atoms. The Labute approximate surface area is 115 Å². The maximum absolute atomic E-state index is 11.6. The monoisotopic (exact) mass is 264 g/mol. The summed E-state index contributed by atoms with van der Waals surface area (Å²) < 4.78 is 5.25. The summed E-state index contributed by atoms with van der Waals surface area (Å²) in [5.41, 5.74) is 2.03. The highest BCUT2D eigenvalue weighted by Gasteiger charge is 2.20. The van der Waals surface area contributed by atoms with Gasteiger partial charge in [0.05, 0.1) is 13.7 Å². The van der Waals surface area contributed by atoms with Gasteiger partial charge in [-0.2, -0.15) is 0 Å². The molecule has 0 atom stereocenters. The first-order valence-electron chi connectivity index (χ1n) is 6.47. The van der Waals surface area contributed by atoms with Crippen LogP contribution in [0.3, 0.4) is 0 Å². The van der Waals surface area contributed by atoms with Crippen molar-refractivity contribution in [1.82, 2.24) is 10.6 Å². The molecule has 0 aliphatic heterocycles. The van der Waals surface area contributed by atoms with Crippen molar-refractivity contribution in [2.45, 2.75) is 32.7 Å². The van der Waals surface area contributed by atoms with Gasteiger partial charge in [-0.25, -0.2) is 0 Å². The molecular weight excluding hydrogens is 240 g/mol. The number of methoxy groups -OCH3 is 1. The molecule has 0 saturated heterocycles. The molecule has 0 saturated carbocycles. The quantitative estimate of drug-likeness (QED) is 0.821. The fourth-order valence-corrected chi connectivity index (χ4v) is 2.19. The van der Waals surface area contributed by atoms with Crippen LogP contribution >= 0.6 is 0 Å². The number of ether oxygens (including phenoxy) is 1. The van der Waals surface area contributed by atoms with Gasteiger partial charge >= 0.3 is 0 Å². The Hall–Kier alpha value is -1.55. The van der Waals surface area contributed by atoms with Gasteiger partial charge in [-0.1, -0.05) is 12.1 Å². The van der Waals surface area contributed by atoms with E-state index in [0.717, 1.165) is 17.7 Å². The van der Waals surface area contributed by atoms with Crippen LogP contribution in [0.25, 0.3) is 0 Å². The molecule has 0 spiro atoms. The van der Waals surface area contributed by atoms with E-state index in [-0.39, 0.29) is 11.4 Å². The first-order chi connectivity index (χ1) is 8.88. The van der Waals surface area contributed by atoms with Gasteiger partial charge in [0.2, 0.25) is 5.91 Å². The Morgan fingerprint density at radius 1 is 1.37 bits per heavy atom. The van der Waals surface area contributed by atoms with Crippen LogP contribution in [-0.2, 0) is 11.2 Å². The predicted octanol–water partition coefficient (Wildman–Crippen LogP) is 1.66. The van der Waals surface area contributed by atoms with E-state index in [2.05, 4.69) is 16.7 Å². The second-order valence-electron chi connectivity index (χ2n) is 5.44. The Balaban J connectivity index is 2.72. The molecule has 4 heteroatoms. The van der Waals surface area contributed by atoms with E-state index in [1.54, 1.807) is 14.2 Å². The average molecular weight is 264 g/mol. The number of nitrogens with one attached hydrogen (secondary N) is 2. The van der Waals surface area contributed by atoms with Crippen LogP contribution in [-0.4, -0.2) is 32.1 Å². The number of amides is 1. The molecule has 1 aromatic rings. The summed E-state index contributed by atoms with van der Waals surface area (Å²) in [7, 11) is 3.43. The molecule has 1 amide bonds. The first kappa shape index (κ1) is 15.5. The van der Waals surface area contributed by atoms with E-state index in [0.29, 0.717) is 6.54 Å². The number of aryl methyl sites for hydroxylation is 1. The summed E-state index contributed by atoms with van der Waals surface area (Å²) in [5, 5.41) is 5.87. The highest BCUT2D eigenvalue weighted by atomic mass is 16.5. The zero-order chi connectivity index (χ0) is 14.5. The normalized spacial score (nSPS) is 11.2. The van der Waals surface area contributed by atoms with Crippen LogP contribution < -0.4 is 15.4 Å². The van der Waals surface area contributed by atoms with Crippen molar-refractivity contribution in [1.29, 1.82) is 0 Å². The second-order valence-corrected chi connectivity index (χ2v) is 5.44. The van der Waals surface area contributed by atoms with E-state index in [1.165, 1.54) is 5.56 Å². The van der Waals surface area contributed by atoms with Crippen LogP contribution in [0, 0.1) is 6.92 Å². The maximum atomic E-state index is 11.6. The van der Waals surface area contributed by atoms with E-state index in [9.17, 15) is 4.79 Å². The van der Waals surface area contributed by atoms with Gasteiger partial charge in [-0.05, 0) is 51.4 Å². The van der Waals surface area contributed by atoms with Crippen molar-refractivity contribution in [3.8, 4) is 5.75 Å². The van der Waals surface area contributed by atoms with Crippen LogP contribution in [0.1, 0.15) is 25.0 Å². The largest absolute Gasteiger partial charge is 0.496 e. The summed E-state index contributed by atoms with van der Waals surface area (Å²) >= 11 is 0. The molecule has 106 valence electrons. The second kappa shape index (κ2) is 6.57. The molecule has 0 heterocycles. The lowest BCUT2D eigenvalue weighted by atomic mass is 9.94. The van der Waals surface area contributed by atoms with Crippen LogP contribution in [0.5, 0.6) is 5.75 Å². The van der Waals surface area contributed by atoms with Crippen LogP contribution in [0.15, 0.2) is 18.2 Å². The van der Waals surface area contributed by atoms with Gasteiger partial charge in [-0.15, -0.1) is 0 Å². The average Bonchev–Trinajstić information content (AvgIpc) is 2.27. The van der Waals surface area contributed by atoms with Gasteiger partial charge in [0.25, 0.3) is 0 Å². The third kappa shape index (κ3) is 4.91. The van der Waals surface area contributed by atoms with Crippen LogP contribution in [0.4, 0.5) is 0 Å². The van der Waals surface area contributed by atoms with Gasteiger partial charge in [-0.3, -0.25) is 4.79 Å². The summed E-state index contributed by atoms with van der Waals surface area (Å²) in [6.45, 7) is 6.42. The molecule has 2 N–H and O–H groups in total. The Bertz CT molecular complexity index is 442. The Morgan fingerprint density at radius 2 is 2.05 bits per heavy atom. The predicted molar refractivity (Wildman–Crippen MR) is 77.6 cm³/mol.